The molecule has 51 heavy (non-hydrogen) atoms. The fourth-order valence-corrected chi connectivity index (χ4v) is 7.12. The number of rotatable bonds is 24. The zero-order valence-electron chi connectivity index (χ0n) is 31.1. The molecule has 2 heterocycles. The zero-order chi connectivity index (χ0) is 38.1. The highest BCUT2D eigenvalue weighted by molar-refractivity contribution is 8.00. The lowest BCUT2D eigenvalue weighted by molar-refractivity contribution is -0.151. The Balaban J connectivity index is 2.28. The van der Waals surface area contributed by atoms with Gasteiger partial charge in [-0.05, 0) is 33.6 Å². The SMILES string of the molecule is CCCCCCCCC(=O)C(NC(=O)OC(C)(C)C)NC(C(=O)CCCCCCCC)C(=O)N[C@@H]1C(=O)N2C(C(=O)O)=C(COC(C)=O)CS[C@H]12. The normalized spacial score (nSPS) is 18.2. The van der Waals surface area contributed by atoms with Crippen molar-refractivity contribution in [1.82, 2.24) is 20.9 Å². The molecule has 0 aliphatic carbocycles. The van der Waals surface area contributed by atoms with Gasteiger partial charge in [-0.3, -0.25) is 39.5 Å². The van der Waals surface area contributed by atoms with E-state index in [9.17, 15) is 38.7 Å². The molecule has 0 aromatic rings. The van der Waals surface area contributed by atoms with Crippen molar-refractivity contribution >= 4 is 53.2 Å². The van der Waals surface area contributed by atoms with Crippen LogP contribution in [0.3, 0.4) is 0 Å². The molecular weight excluding hydrogens is 680 g/mol. The maximum absolute atomic E-state index is 13.9. The van der Waals surface area contributed by atoms with Gasteiger partial charge in [-0.2, -0.15) is 0 Å². The van der Waals surface area contributed by atoms with Gasteiger partial charge in [0.25, 0.3) is 5.91 Å². The van der Waals surface area contributed by atoms with E-state index in [1.54, 1.807) is 20.8 Å². The maximum Gasteiger partial charge on any atom is 0.409 e. The quantitative estimate of drug-likeness (QED) is 0.0350. The summed E-state index contributed by atoms with van der Waals surface area (Å²) in [5.41, 5.74) is -0.951. The summed E-state index contributed by atoms with van der Waals surface area (Å²) in [6, 6.07) is -2.76. The van der Waals surface area contributed by atoms with Gasteiger partial charge in [-0.1, -0.05) is 78.1 Å². The van der Waals surface area contributed by atoms with Crippen molar-refractivity contribution in [2.75, 3.05) is 12.4 Å². The molecule has 1 fully saturated rings. The minimum Gasteiger partial charge on any atom is -0.477 e. The van der Waals surface area contributed by atoms with Crippen LogP contribution in [0.2, 0.25) is 0 Å². The Kier molecular flexibility index (Phi) is 18.7. The lowest BCUT2D eigenvalue weighted by Gasteiger charge is -2.49. The number of esters is 1. The lowest BCUT2D eigenvalue weighted by Crippen LogP contribution is -2.72. The van der Waals surface area contributed by atoms with Gasteiger partial charge < -0.3 is 19.9 Å². The molecule has 1 saturated heterocycles. The van der Waals surface area contributed by atoms with Crippen molar-refractivity contribution < 1.29 is 48.1 Å². The monoisotopic (exact) mass is 738 g/mol. The Morgan fingerprint density at radius 3 is 1.96 bits per heavy atom. The van der Waals surface area contributed by atoms with Crippen molar-refractivity contribution in [2.45, 2.75) is 161 Å². The third-order valence-electron chi connectivity index (χ3n) is 8.45. The number of hydrogen-bond donors (Lipinski definition) is 4. The Morgan fingerprint density at radius 1 is 0.882 bits per heavy atom. The van der Waals surface area contributed by atoms with Crippen molar-refractivity contribution in [1.29, 1.82) is 0 Å². The van der Waals surface area contributed by atoms with E-state index >= 15 is 0 Å². The molecule has 0 saturated carbocycles. The fraction of sp³-hybridized carbons (Fsp3) is 0.750. The molecule has 2 rings (SSSR count). The fourth-order valence-electron chi connectivity index (χ4n) is 5.79. The zero-order valence-corrected chi connectivity index (χ0v) is 31.9. The summed E-state index contributed by atoms with van der Waals surface area (Å²) in [5.74, 6) is -4.37. The summed E-state index contributed by atoms with van der Waals surface area (Å²) in [4.78, 5) is 91.7. The number of ether oxygens (including phenoxy) is 2. The van der Waals surface area contributed by atoms with Crippen molar-refractivity contribution in [2.24, 2.45) is 0 Å². The number of nitrogens with zero attached hydrogens (tertiary/aromatic N) is 1. The van der Waals surface area contributed by atoms with Crippen molar-refractivity contribution in [3.63, 3.8) is 0 Å². The molecule has 288 valence electrons. The summed E-state index contributed by atoms with van der Waals surface area (Å²) in [5, 5.41) is 17.0. The molecule has 0 radical (unpaired) electrons. The standard InChI is InChI=1S/C36H58N4O10S/c1-7-9-11-13-15-17-19-25(42)27(37-30(39-35(48)50-36(4,5)6)26(43)20-18-16-14-12-10-8-2)31(44)38-28-32(45)40-29(34(46)47)24(21-49-23(3)41)22-51-33(28)40/h27-28,30,33,37H,7-22H2,1-6H3,(H,38,44)(H,39,48)(H,46,47)/t27?,28-,30?,33-/m1/s1. The molecule has 0 aromatic heterocycles. The number of fused-ring (bicyclic) bond motifs is 1. The number of carbonyl (C=O) groups excluding carboxylic acids is 6. The molecule has 0 aromatic carbocycles. The number of carbonyl (C=O) groups is 7. The smallest absolute Gasteiger partial charge is 0.409 e. The van der Waals surface area contributed by atoms with Crippen LogP contribution < -0.4 is 16.0 Å². The van der Waals surface area contributed by atoms with Crippen LogP contribution >= 0.6 is 11.8 Å². The number of ketones is 2. The van der Waals surface area contributed by atoms with E-state index < -0.39 is 70.6 Å². The minimum absolute atomic E-state index is 0.0241. The van der Waals surface area contributed by atoms with Gasteiger partial charge in [0.05, 0.1) is 0 Å². The Morgan fingerprint density at radius 2 is 1.43 bits per heavy atom. The second-order valence-corrected chi connectivity index (χ2v) is 15.2. The maximum atomic E-state index is 13.9. The summed E-state index contributed by atoms with van der Waals surface area (Å²) >= 11 is 1.18. The first-order valence-electron chi connectivity index (χ1n) is 18.3. The largest absolute Gasteiger partial charge is 0.477 e. The Hall–Kier alpha value is -3.46. The average Bonchev–Trinajstić information content (AvgIpc) is 3.05. The molecule has 2 aliphatic rings. The third kappa shape index (κ3) is 14.6. The van der Waals surface area contributed by atoms with Gasteiger partial charge in [-0.15, -0.1) is 11.8 Å². The van der Waals surface area contributed by atoms with Gasteiger partial charge >= 0.3 is 18.0 Å². The van der Waals surface area contributed by atoms with Crippen molar-refractivity contribution in [3.8, 4) is 0 Å². The third-order valence-corrected chi connectivity index (χ3v) is 9.79. The molecule has 0 bridgehead atoms. The number of amides is 3. The highest BCUT2D eigenvalue weighted by Crippen LogP contribution is 2.40. The molecule has 4 N–H and O–H groups in total. The number of Topliss-reactive ketones (excluding diaryl/α,β-unsaturated/α-hetero) is 2. The number of β-lactam (4-membered cyclic amide) rings is 1. The number of hydrogen-bond acceptors (Lipinski definition) is 11. The molecule has 15 heteroatoms. The van der Waals surface area contributed by atoms with Crippen LogP contribution in [0.1, 0.15) is 131 Å². The number of carboxylic acid groups (broad SMARTS) is 1. The average molecular weight is 739 g/mol. The summed E-state index contributed by atoms with van der Waals surface area (Å²) in [7, 11) is 0. The van der Waals surface area contributed by atoms with E-state index in [4.69, 9.17) is 9.47 Å². The first kappa shape index (κ1) is 43.7. The van der Waals surface area contributed by atoms with Crippen molar-refractivity contribution in [3.05, 3.63) is 11.3 Å². The Bertz CT molecular complexity index is 1280. The van der Waals surface area contributed by atoms with Gasteiger partial charge in [0.15, 0.2) is 11.6 Å². The number of alkyl carbamates (subject to hydrolysis) is 1. The van der Waals surface area contributed by atoms with Gasteiger partial charge in [0.1, 0.15) is 41.5 Å². The second-order valence-electron chi connectivity index (χ2n) is 14.1. The summed E-state index contributed by atoms with van der Waals surface area (Å²) < 4.78 is 10.4. The molecule has 2 unspecified atom stereocenters. The minimum atomic E-state index is -1.60. The van der Waals surface area contributed by atoms with Crippen LogP contribution in [0, 0.1) is 0 Å². The number of aliphatic carboxylic acids is 1. The number of carboxylic acids is 1. The molecule has 4 atom stereocenters. The van der Waals surface area contributed by atoms with E-state index in [1.165, 1.54) is 18.7 Å². The first-order chi connectivity index (χ1) is 24.1. The van der Waals surface area contributed by atoms with E-state index in [0.29, 0.717) is 12.8 Å². The molecule has 2 aliphatic heterocycles. The number of unbranched alkanes of at least 4 members (excludes halogenated alkanes) is 10. The highest BCUT2D eigenvalue weighted by Gasteiger charge is 2.55. The molecule has 3 amide bonds. The van der Waals surface area contributed by atoms with Crippen LogP contribution in [-0.2, 0) is 38.2 Å². The van der Waals surface area contributed by atoms with Crippen LogP contribution in [0.15, 0.2) is 11.3 Å². The predicted molar refractivity (Wildman–Crippen MR) is 192 cm³/mol. The molecule has 0 spiro atoms. The van der Waals surface area contributed by atoms with E-state index in [-0.39, 0.29) is 36.5 Å². The van der Waals surface area contributed by atoms with Gasteiger partial charge in [0, 0.05) is 31.1 Å². The van der Waals surface area contributed by atoms with Gasteiger partial charge in [0.2, 0.25) is 5.91 Å². The Labute approximate surface area is 305 Å². The van der Waals surface area contributed by atoms with Crippen LogP contribution in [0.4, 0.5) is 4.79 Å². The summed E-state index contributed by atoms with van der Waals surface area (Å²) in [6.07, 6.45) is 8.71. The van der Waals surface area contributed by atoms with Crippen LogP contribution in [-0.4, -0.2) is 93.0 Å². The summed E-state index contributed by atoms with van der Waals surface area (Å²) in [6.45, 7) is 10.1. The van der Waals surface area contributed by atoms with Gasteiger partial charge in [-0.25, -0.2) is 9.59 Å². The van der Waals surface area contributed by atoms with E-state index in [2.05, 4.69) is 29.8 Å². The van der Waals surface area contributed by atoms with Crippen LogP contribution in [0.25, 0.3) is 0 Å². The van der Waals surface area contributed by atoms with E-state index in [1.807, 2.05) is 0 Å². The molecular formula is C36H58N4O10S. The highest BCUT2D eigenvalue weighted by atomic mass is 32.2. The molecule has 14 nitrogen and oxygen atoms in total. The van der Waals surface area contributed by atoms with Crippen LogP contribution in [0.5, 0.6) is 0 Å². The topological polar surface area (TPSA) is 198 Å². The van der Waals surface area contributed by atoms with E-state index in [0.717, 1.165) is 69.1 Å². The number of thioether (sulfide) groups is 1. The first-order valence-corrected chi connectivity index (χ1v) is 19.3. The predicted octanol–water partition coefficient (Wildman–Crippen LogP) is 4.74. The number of nitrogens with one attached hydrogen (secondary N) is 3. The lowest BCUT2D eigenvalue weighted by atomic mass is 9.99. The second kappa shape index (κ2) is 21.8.